The van der Waals surface area contributed by atoms with E-state index in [1.54, 1.807) is 30.5 Å². The summed E-state index contributed by atoms with van der Waals surface area (Å²) in [5.41, 5.74) is 1.51. The van der Waals surface area contributed by atoms with Gasteiger partial charge in [0.25, 0.3) is 0 Å². The van der Waals surface area contributed by atoms with E-state index in [1.807, 2.05) is 0 Å². The number of benzene rings is 1. The van der Waals surface area contributed by atoms with Crippen molar-refractivity contribution in [2.24, 2.45) is 0 Å². The van der Waals surface area contributed by atoms with Gasteiger partial charge in [0, 0.05) is 6.42 Å². The molecule has 0 aliphatic heterocycles. The average Bonchev–Trinajstić information content (AvgIpc) is 2.34. The third-order valence-electron chi connectivity index (χ3n) is 2.33. The Bertz CT molecular complexity index is 424. The van der Waals surface area contributed by atoms with Crippen LogP contribution < -0.4 is 10.3 Å². The van der Waals surface area contributed by atoms with Gasteiger partial charge >= 0.3 is 0 Å². The first kappa shape index (κ1) is 11.6. The first-order valence-electron chi connectivity index (χ1n) is 5.33. The number of rotatable bonds is 4. The van der Waals surface area contributed by atoms with E-state index in [-0.39, 0.29) is 5.82 Å². The monoisotopic (exact) mass is 227 g/mol. The van der Waals surface area contributed by atoms with Gasteiger partial charge in [-0.2, -0.15) is 0 Å². The average molecular weight is 227 g/mol. The number of hydrogen-bond acceptors (Lipinski definition) is 2. The molecule has 4 heteroatoms. The minimum Gasteiger partial charge on any atom is -0.492 e. The highest BCUT2D eigenvalue weighted by atomic mass is 19.1. The van der Waals surface area contributed by atoms with Crippen LogP contribution in [-0.2, 0) is 6.42 Å². The van der Waals surface area contributed by atoms with Gasteiger partial charge < -0.3 is 4.74 Å². The zero-order valence-corrected chi connectivity index (χ0v) is 9.27. The molecule has 2 aromatic rings. The predicted octanol–water partition coefficient (Wildman–Crippen LogP) is 1.64. The number of nitrogens with zero attached hydrogens (tertiary/aromatic N) is 1. The molecule has 0 saturated carbocycles. The van der Waals surface area contributed by atoms with Crippen molar-refractivity contribution in [2.75, 3.05) is 6.61 Å². The molecular weight excluding hydrogens is 216 g/mol. The Kier molecular flexibility index (Phi) is 3.75. The number of hydrogen-bond donors (Lipinski definition) is 0. The lowest BCUT2D eigenvalue weighted by Gasteiger charge is -2.06. The fraction of sp³-hybridized carbons (Fsp3) is 0.154. The molecule has 1 heterocycles. The molecule has 2 nitrogen and oxygen atoms in total. The molecule has 0 N–H and O–H groups in total. The highest BCUT2D eigenvalue weighted by Crippen LogP contribution is 2.07. The number of aromatic nitrogens is 1. The molecular formula is C13H11BFNO. The fourth-order valence-corrected chi connectivity index (χ4v) is 1.41. The van der Waals surface area contributed by atoms with Gasteiger partial charge in [0.1, 0.15) is 19.4 Å². The SMILES string of the molecule is [B]c1ccc(OCCc2ccc(F)cc2)cn1. The van der Waals surface area contributed by atoms with Crippen molar-refractivity contribution in [3.63, 3.8) is 0 Å². The molecule has 0 aliphatic rings. The summed E-state index contributed by atoms with van der Waals surface area (Å²) in [6, 6.07) is 9.85. The molecule has 2 rings (SSSR count). The van der Waals surface area contributed by atoms with Crippen molar-refractivity contribution < 1.29 is 9.13 Å². The quantitative estimate of drug-likeness (QED) is 0.740. The largest absolute Gasteiger partial charge is 0.492 e. The van der Waals surface area contributed by atoms with Crippen molar-refractivity contribution >= 4 is 13.4 Å². The maximum Gasteiger partial charge on any atom is 0.141 e. The second-order valence-corrected chi connectivity index (χ2v) is 3.64. The van der Waals surface area contributed by atoms with Crippen LogP contribution in [0.15, 0.2) is 42.6 Å². The molecule has 1 aromatic carbocycles. The van der Waals surface area contributed by atoms with Gasteiger partial charge in [-0.3, -0.25) is 4.98 Å². The van der Waals surface area contributed by atoms with Crippen LogP contribution in [0.1, 0.15) is 5.56 Å². The highest BCUT2D eigenvalue weighted by molar-refractivity contribution is 6.30. The van der Waals surface area contributed by atoms with E-state index in [4.69, 9.17) is 12.6 Å². The van der Waals surface area contributed by atoms with Crippen LogP contribution in [0.5, 0.6) is 5.75 Å². The van der Waals surface area contributed by atoms with Gasteiger partial charge in [-0.1, -0.05) is 12.1 Å². The van der Waals surface area contributed by atoms with E-state index >= 15 is 0 Å². The molecule has 84 valence electrons. The zero-order chi connectivity index (χ0) is 12.1. The molecule has 0 fully saturated rings. The Morgan fingerprint density at radius 1 is 1.12 bits per heavy atom. The van der Waals surface area contributed by atoms with Gasteiger partial charge in [-0.05, 0) is 35.4 Å². The standard InChI is InChI=1S/C13H11BFNO/c14-13-6-5-12(9-16-13)17-8-7-10-1-3-11(15)4-2-10/h1-6,9H,7-8H2. The van der Waals surface area contributed by atoms with E-state index < -0.39 is 0 Å². The summed E-state index contributed by atoms with van der Waals surface area (Å²) in [7, 11) is 5.46. The van der Waals surface area contributed by atoms with Gasteiger partial charge in [-0.15, -0.1) is 0 Å². The lowest BCUT2D eigenvalue weighted by atomic mass is 10.0. The van der Waals surface area contributed by atoms with Crippen molar-refractivity contribution in [1.82, 2.24) is 4.98 Å². The maximum absolute atomic E-state index is 12.7. The Morgan fingerprint density at radius 2 is 1.88 bits per heavy atom. The highest BCUT2D eigenvalue weighted by Gasteiger charge is 1.96. The Labute approximate surface area is 101 Å². The number of halogens is 1. The van der Waals surface area contributed by atoms with Crippen molar-refractivity contribution in [2.45, 2.75) is 6.42 Å². The van der Waals surface area contributed by atoms with Crippen LogP contribution in [0.3, 0.4) is 0 Å². The summed E-state index contributed by atoms with van der Waals surface area (Å²) in [5.74, 6) is 0.457. The minimum atomic E-state index is -0.225. The molecule has 0 aliphatic carbocycles. The van der Waals surface area contributed by atoms with Crippen molar-refractivity contribution in [3.05, 3.63) is 54.0 Å². The third kappa shape index (κ3) is 3.59. The maximum atomic E-state index is 12.7. The third-order valence-corrected chi connectivity index (χ3v) is 2.33. The minimum absolute atomic E-state index is 0.225. The Hall–Kier alpha value is -1.84. The van der Waals surface area contributed by atoms with Crippen LogP contribution in [0.4, 0.5) is 4.39 Å². The first-order chi connectivity index (χ1) is 8.24. The topological polar surface area (TPSA) is 22.1 Å². The van der Waals surface area contributed by atoms with Crippen LogP contribution in [0.2, 0.25) is 0 Å². The molecule has 1 aromatic heterocycles. The van der Waals surface area contributed by atoms with Gasteiger partial charge in [0.2, 0.25) is 0 Å². The number of ether oxygens (including phenoxy) is 1. The summed E-state index contributed by atoms with van der Waals surface area (Å²) in [6.45, 7) is 0.525. The predicted molar refractivity (Wildman–Crippen MR) is 65.2 cm³/mol. The molecule has 2 radical (unpaired) electrons. The van der Waals surface area contributed by atoms with Gasteiger partial charge in [0.05, 0.1) is 12.8 Å². The van der Waals surface area contributed by atoms with Crippen LogP contribution in [-0.4, -0.2) is 19.4 Å². The van der Waals surface area contributed by atoms with E-state index in [9.17, 15) is 4.39 Å². The van der Waals surface area contributed by atoms with Gasteiger partial charge in [-0.25, -0.2) is 4.39 Å². The molecule has 0 amide bonds. The van der Waals surface area contributed by atoms with E-state index in [0.717, 1.165) is 12.0 Å². The number of pyridine rings is 1. The second kappa shape index (κ2) is 5.48. The second-order valence-electron chi connectivity index (χ2n) is 3.64. The Morgan fingerprint density at radius 3 is 2.53 bits per heavy atom. The van der Waals surface area contributed by atoms with Crippen LogP contribution in [0.25, 0.3) is 0 Å². The molecule has 0 bridgehead atoms. The van der Waals surface area contributed by atoms with E-state index in [1.165, 1.54) is 12.1 Å². The van der Waals surface area contributed by atoms with Crippen LogP contribution >= 0.6 is 0 Å². The fourth-order valence-electron chi connectivity index (χ4n) is 1.41. The molecule has 17 heavy (non-hydrogen) atoms. The van der Waals surface area contributed by atoms with Crippen molar-refractivity contribution in [1.29, 1.82) is 0 Å². The summed E-state index contributed by atoms with van der Waals surface area (Å²) >= 11 is 0. The molecule has 0 saturated heterocycles. The summed E-state index contributed by atoms with van der Waals surface area (Å²) in [6.07, 6.45) is 2.31. The normalized spacial score (nSPS) is 10.2. The van der Waals surface area contributed by atoms with Gasteiger partial charge in [0.15, 0.2) is 0 Å². The zero-order valence-electron chi connectivity index (χ0n) is 9.27. The lowest BCUT2D eigenvalue weighted by Crippen LogP contribution is -2.08. The smallest absolute Gasteiger partial charge is 0.141 e. The van der Waals surface area contributed by atoms with E-state index in [2.05, 4.69) is 4.98 Å². The summed E-state index contributed by atoms with van der Waals surface area (Å²) < 4.78 is 18.1. The molecule has 0 atom stereocenters. The lowest BCUT2D eigenvalue weighted by molar-refractivity contribution is 0.321. The van der Waals surface area contributed by atoms with E-state index in [0.29, 0.717) is 17.9 Å². The van der Waals surface area contributed by atoms with Crippen LogP contribution in [0, 0.1) is 5.82 Å². The van der Waals surface area contributed by atoms with Crippen molar-refractivity contribution in [3.8, 4) is 5.75 Å². The molecule has 0 spiro atoms. The summed E-state index contributed by atoms with van der Waals surface area (Å²) in [4.78, 5) is 3.92. The molecule has 0 unspecified atom stereocenters. The summed E-state index contributed by atoms with van der Waals surface area (Å²) in [5, 5.41) is 0. The Balaban J connectivity index is 1.83. The first-order valence-corrected chi connectivity index (χ1v) is 5.33.